The molecule has 6 nitrogen and oxygen atoms in total. The highest BCUT2D eigenvalue weighted by Gasteiger charge is 2.34. The van der Waals surface area contributed by atoms with Gasteiger partial charge in [0.25, 0.3) is 5.91 Å². The third-order valence-corrected chi connectivity index (χ3v) is 6.40. The minimum absolute atomic E-state index is 0.246. The van der Waals surface area contributed by atoms with E-state index in [1.54, 1.807) is 18.3 Å². The average Bonchev–Trinajstić information content (AvgIpc) is 3.37. The summed E-state index contributed by atoms with van der Waals surface area (Å²) in [6, 6.07) is 25.0. The number of furan rings is 1. The molecule has 34 heavy (non-hydrogen) atoms. The van der Waals surface area contributed by atoms with Crippen molar-refractivity contribution in [3.63, 3.8) is 0 Å². The zero-order valence-electron chi connectivity index (χ0n) is 19.1. The number of rotatable bonds is 5. The molecule has 1 amide bonds. The second-order valence-electron chi connectivity index (χ2n) is 8.77. The summed E-state index contributed by atoms with van der Waals surface area (Å²) >= 11 is 0. The first-order chi connectivity index (χ1) is 16.5. The molecule has 5 rings (SSSR count). The van der Waals surface area contributed by atoms with Crippen LogP contribution in [0.5, 0.6) is 0 Å². The monoisotopic (exact) mass is 453 g/mol. The molecule has 3 heterocycles. The smallest absolute Gasteiger partial charge is 0.291 e. The molecule has 0 radical (unpaired) electrons. The van der Waals surface area contributed by atoms with Gasteiger partial charge in [-0.25, -0.2) is 4.98 Å². The van der Waals surface area contributed by atoms with Gasteiger partial charge in [-0.1, -0.05) is 60.2 Å². The van der Waals surface area contributed by atoms with Crippen LogP contribution in [0.3, 0.4) is 0 Å². The van der Waals surface area contributed by atoms with Crippen molar-refractivity contribution in [2.45, 2.75) is 25.4 Å². The normalized spacial score (nSPS) is 15.2. The highest BCUT2D eigenvalue weighted by atomic mass is 16.3. The molecule has 0 atom stereocenters. The Hall–Kier alpha value is -3.90. The number of carbonyl (C=O) groups excluding carboxylic acids is 1. The number of hydrogen-bond donors (Lipinski definition) is 2. The number of pyridine rings is 1. The van der Waals surface area contributed by atoms with E-state index in [2.05, 4.69) is 15.2 Å². The number of nitrogens with one attached hydrogen (secondary N) is 1. The summed E-state index contributed by atoms with van der Waals surface area (Å²) in [7, 11) is 0. The van der Waals surface area contributed by atoms with Gasteiger partial charge < -0.3 is 19.7 Å². The van der Waals surface area contributed by atoms with Gasteiger partial charge in [-0.3, -0.25) is 4.79 Å². The molecule has 4 aromatic rings. The Morgan fingerprint density at radius 2 is 1.71 bits per heavy atom. The lowest BCUT2D eigenvalue weighted by Crippen LogP contribution is -2.42. The fourth-order valence-corrected chi connectivity index (χ4v) is 4.32. The molecule has 1 fully saturated rings. The topological polar surface area (TPSA) is 78.6 Å². The number of carbonyl (C=O) groups is 1. The van der Waals surface area contributed by atoms with E-state index >= 15 is 0 Å². The Labute approximate surface area is 198 Å². The fraction of sp³-hybridized carbons (Fsp3) is 0.214. The summed E-state index contributed by atoms with van der Waals surface area (Å²) < 4.78 is 5.75. The van der Waals surface area contributed by atoms with Crippen molar-refractivity contribution < 1.29 is 14.3 Å². The molecule has 6 heteroatoms. The number of nitrogens with zero attached hydrogens (tertiary/aromatic N) is 2. The van der Waals surface area contributed by atoms with E-state index in [4.69, 9.17) is 4.42 Å². The maximum Gasteiger partial charge on any atom is 0.291 e. The predicted molar refractivity (Wildman–Crippen MR) is 133 cm³/mol. The number of piperidine rings is 1. The van der Waals surface area contributed by atoms with Gasteiger partial charge in [0.05, 0.1) is 17.5 Å². The van der Waals surface area contributed by atoms with Crippen LogP contribution in [-0.4, -0.2) is 29.1 Å². The Morgan fingerprint density at radius 3 is 2.38 bits per heavy atom. The van der Waals surface area contributed by atoms with Crippen molar-refractivity contribution in [2.75, 3.05) is 23.3 Å². The number of hydrogen-bond acceptors (Lipinski definition) is 5. The Kier molecular flexibility index (Phi) is 5.90. The van der Waals surface area contributed by atoms with Crippen LogP contribution in [0.25, 0.3) is 11.3 Å². The number of aromatic nitrogens is 1. The number of aryl methyl sites for hydroxylation is 1. The molecule has 1 aliphatic heterocycles. The van der Waals surface area contributed by atoms with Crippen molar-refractivity contribution >= 4 is 17.4 Å². The van der Waals surface area contributed by atoms with Crippen molar-refractivity contribution in [2.24, 2.45) is 0 Å². The Balaban J connectivity index is 1.20. The largest absolute Gasteiger partial charge is 0.451 e. The molecule has 0 saturated carbocycles. The molecular weight excluding hydrogens is 426 g/mol. The van der Waals surface area contributed by atoms with Crippen LogP contribution in [0.2, 0.25) is 0 Å². The summed E-state index contributed by atoms with van der Waals surface area (Å²) in [5.74, 6) is 1.40. The van der Waals surface area contributed by atoms with Crippen LogP contribution < -0.4 is 10.2 Å². The zero-order valence-corrected chi connectivity index (χ0v) is 19.1. The predicted octanol–water partition coefficient (Wildman–Crippen LogP) is 5.39. The first kappa shape index (κ1) is 21.9. The summed E-state index contributed by atoms with van der Waals surface area (Å²) in [6.07, 6.45) is 2.92. The summed E-state index contributed by atoms with van der Waals surface area (Å²) in [4.78, 5) is 19.3. The van der Waals surface area contributed by atoms with E-state index in [9.17, 15) is 9.90 Å². The molecule has 2 aromatic heterocycles. The number of aliphatic hydroxyl groups is 1. The first-order valence-electron chi connectivity index (χ1n) is 11.5. The summed E-state index contributed by atoms with van der Waals surface area (Å²) in [5.41, 5.74) is 2.85. The number of benzene rings is 2. The third-order valence-electron chi connectivity index (χ3n) is 6.40. The van der Waals surface area contributed by atoms with Crippen LogP contribution >= 0.6 is 0 Å². The fourth-order valence-electron chi connectivity index (χ4n) is 4.32. The van der Waals surface area contributed by atoms with Crippen LogP contribution in [-0.2, 0) is 5.60 Å². The molecule has 0 bridgehead atoms. The van der Waals surface area contributed by atoms with E-state index in [1.165, 1.54) is 5.56 Å². The molecular formula is C28H27N3O3. The second kappa shape index (κ2) is 9.15. The molecule has 2 aromatic carbocycles. The lowest BCUT2D eigenvalue weighted by Gasteiger charge is -2.39. The number of anilines is 2. The van der Waals surface area contributed by atoms with E-state index in [1.807, 2.05) is 73.7 Å². The average molecular weight is 454 g/mol. The molecule has 1 saturated heterocycles. The van der Waals surface area contributed by atoms with Gasteiger partial charge in [0.2, 0.25) is 0 Å². The molecule has 0 spiro atoms. The minimum Gasteiger partial charge on any atom is -0.451 e. The minimum atomic E-state index is -0.799. The van der Waals surface area contributed by atoms with E-state index in [0.717, 1.165) is 16.9 Å². The highest BCUT2D eigenvalue weighted by Crippen LogP contribution is 2.34. The van der Waals surface area contributed by atoms with E-state index in [-0.39, 0.29) is 11.7 Å². The Bertz CT molecular complexity index is 1260. The van der Waals surface area contributed by atoms with Gasteiger partial charge in [-0.05, 0) is 49.6 Å². The van der Waals surface area contributed by atoms with Crippen molar-refractivity contribution in [1.29, 1.82) is 0 Å². The maximum absolute atomic E-state index is 12.6. The van der Waals surface area contributed by atoms with Gasteiger partial charge in [-0.15, -0.1) is 0 Å². The third kappa shape index (κ3) is 4.58. The van der Waals surface area contributed by atoms with Crippen LogP contribution in [0, 0.1) is 6.92 Å². The second-order valence-corrected chi connectivity index (χ2v) is 8.77. The van der Waals surface area contributed by atoms with E-state index in [0.29, 0.717) is 37.4 Å². The first-order valence-corrected chi connectivity index (χ1v) is 11.5. The summed E-state index contributed by atoms with van der Waals surface area (Å²) in [5, 5.41) is 13.9. The Morgan fingerprint density at radius 1 is 0.971 bits per heavy atom. The standard InChI is InChI=1S/C28H27N3O3/c1-20-7-9-21(10-8-20)24-12-13-25(34-24)27(32)30-23-11-14-26(29-19-23)31-17-15-28(33,16-18-31)22-5-3-2-4-6-22/h2-14,19,33H,15-18H2,1H3,(H,30,32). The van der Waals surface area contributed by atoms with Gasteiger partial charge in [-0.2, -0.15) is 0 Å². The van der Waals surface area contributed by atoms with Crippen molar-refractivity contribution in [3.05, 3.63) is 102 Å². The molecule has 0 aliphatic carbocycles. The van der Waals surface area contributed by atoms with Gasteiger partial charge in [0.1, 0.15) is 11.6 Å². The molecule has 1 aliphatic rings. The lowest BCUT2D eigenvalue weighted by atomic mass is 9.84. The van der Waals surface area contributed by atoms with Gasteiger partial charge >= 0.3 is 0 Å². The zero-order chi connectivity index (χ0) is 23.5. The van der Waals surface area contributed by atoms with Crippen LogP contribution in [0.15, 0.2) is 89.5 Å². The van der Waals surface area contributed by atoms with Crippen molar-refractivity contribution in [1.82, 2.24) is 4.98 Å². The SMILES string of the molecule is Cc1ccc(-c2ccc(C(=O)Nc3ccc(N4CCC(O)(c5ccccc5)CC4)nc3)o2)cc1. The molecule has 2 N–H and O–H groups in total. The van der Waals surface area contributed by atoms with Crippen LogP contribution in [0.1, 0.15) is 34.5 Å². The molecule has 172 valence electrons. The van der Waals surface area contributed by atoms with Gasteiger partial charge in [0, 0.05) is 18.7 Å². The highest BCUT2D eigenvalue weighted by molar-refractivity contribution is 6.02. The van der Waals surface area contributed by atoms with E-state index < -0.39 is 5.60 Å². The number of amides is 1. The van der Waals surface area contributed by atoms with Crippen LogP contribution in [0.4, 0.5) is 11.5 Å². The molecule has 0 unspecified atom stereocenters. The lowest BCUT2D eigenvalue weighted by molar-refractivity contribution is 0.0116. The maximum atomic E-state index is 12.6. The summed E-state index contributed by atoms with van der Waals surface area (Å²) in [6.45, 7) is 3.44. The van der Waals surface area contributed by atoms with Crippen molar-refractivity contribution in [3.8, 4) is 11.3 Å². The van der Waals surface area contributed by atoms with Gasteiger partial charge in [0.15, 0.2) is 5.76 Å². The quantitative estimate of drug-likeness (QED) is 0.424.